The van der Waals surface area contributed by atoms with Crippen molar-refractivity contribution in [3.63, 3.8) is 0 Å². The van der Waals surface area contributed by atoms with Gasteiger partial charge in [-0.1, -0.05) is 40.5 Å². The van der Waals surface area contributed by atoms with Crippen LogP contribution in [0.5, 0.6) is 0 Å². The first kappa shape index (κ1) is 15.5. The molecule has 106 valence electrons. The first-order valence-corrected chi connectivity index (χ1v) is 7.48. The number of amides is 1. The summed E-state index contributed by atoms with van der Waals surface area (Å²) in [4.78, 5) is 12.4. The second-order valence-electron chi connectivity index (χ2n) is 6.45. The Balaban J connectivity index is 2.40. The summed E-state index contributed by atoms with van der Waals surface area (Å²) in [5, 5.41) is 6.45. The molecule has 0 aromatic rings. The van der Waals surface area contributed by atoms with Gasteiger partial charge in [0.1, 0.15) is 0 Å². The van der Waals surface area contributed by atoms with E-state index in [-0.39, 0.29) is 5.41 Å². The Kier molecular flexibility index (Phi) is 6.13. The van der Waals surface area contributed by atoms with Gasteiger partial charge in [-0.25, -0.2) is 0 Å². The molecule has 1 aliphatic rings. The SMILES string of the molecule is CC(C)CC1(C(=O)NCCNC(C)C)CCCC1. The fourth-order valence-corrected chi connectivity index (χ4v) is 3.08. The highest BCUT2D eigenvalue weighted by molar-refractivity contribution is 5.82. The van der Waals surface area contributed by atoms with E-state index < -0.39 is 0 Å². The Morgan fingerprint density at radius 2 is 1.72 bits per heavy atom. The highest BCUT2D eigenvalue weighted by atomic mass is 16.2. The lowest BCUT2D eigenvalue weighted by atomic mass is 9.77. The smallest absolute Gasteiger partial charge is 0.226 e. The Morgan fingerprint density at radius 1 is 1.11 bits per heavy atom. The number of nitrogens with one attached hydrogen (secondary N) is 2. The highest BCUT2D eigenvalue weighted by Gasteiger charge is 2.40. The van der Waals surface area contributed by atoms with E-state index in [1.165, 1.54) is 12.8 Å². The van der Waals surface area contributed by atoms with E-state index in [2.05, 4.69) is 38.3 Å². The predicted octanol–water partition coefficient (Wildman–Crippen LogP) is 2.71. The molecule has 3 nitrogen and oxygen atoms in total. The third-order valence-electron chi connectivity index (χ3n) is 3.80. The van der Waals surface area contributed by atoms with Crippen LogP contribution in [-0.4, -0.2) is 25.0 Å². The third kappa shape index (κ3) is 4.60. The van der Waals surface area contributed by atoms with Crippen molar-refractivity contribution in [2.45, 2.75) is 65.8 Å². The van der Waals surface area contributed by atoms with E-state index in [0.29, 0.717) is 17.9 Å². The van der Waals surface area contributed by atoms with E-state index in [9.17, 15) is 4.79 Å². The first-order chi connectivity index (χ1) is 8.46. The monoisotopic (exact) mass is 254 g/mol. The number of carbonyl (C=O) groups is 1. The molecule has 0 aromatic heterocycles. The lowest BCUT2D eigenvalue weighted by molar-refractivity contribution is -0.131. The molecule has 1 aliphatic carbocycles. The Bertz CT molecular complexity index is 255. The molecule has 0 aliphatic heterocycles. The van der Waals surface area contributed by atoms with E-state index in [1.54, 1.807) is 0 Å². The van der Waals surface area contributed by atoms with Gasteiger partial charge in [0.2, 0.25) is 5.91 Å². The molecule has 18 heavy (non-hydrogen) atoms. The molecule has 0 bridgehead atoms. The summed E-state index contributed by atoms with van der Waals surface area (Å²) in [6.07, 6.45) is 5.62. The van der Waals surface area contributed by atoms with Gasteiger partial charge in [0.25, 0.3) is 0 Å². The lowest BCUT2D eigenvalue weighted by Gasteiger charge is -2.29. The van der Waals surface area contributed by atoms with E-state index in [0.717, 1.165) is 32.4 Å². The van der Waals surface area contributed by atoms with Gasteiger partial charge in [-0.3, -0.25) is 4.79 Å². The van der Waals surface area contributed by atoms with Gasteiger partial charge in [-0.15, -0.1) is 0 Å². The van der Waals surface area contributed by atoms with Crippen LogP contribution in [0, 0.1) is 11.3 Å². The summed E-state index contributed by atoms with van der Waals surface area (Å²) < 4.78 is 0. The van der Waals surface area contributed by atoms with E-state index in [4.69, 9.17) is 0 Å². The lowest BCUT2D eigenvalue weighted by Crippen LogP contribution is -2.43. The molecule has 2 N–H and O–H groups in total. The van der Waals surface area contributed by atoms with Crippen LogP contribution in [0.2, 0.25) is 0 Å². The topological polar surface area (TPSA) is 41.1 Å². The molecule has 0 aromatic carbocycles. The second kappa shape index (κ2) is 7.13. The molecular formula is C15H30N2O. The summed E-state index contributed by atoms with van der Waals surface area (Å²) in [6.45, 7) is 10.3. The molecule has 0 spiro atoms. The molecule has 3 heteroatoms. The molecular weight excluding hydrogens is 224 g/mol. The molecule has 0 heterocycles. The average molecular weight is 254 g/mol. The van der Waals surface area contributed by atoms with Crippen molar-refractivity contribution in [3.8, 4) is 0 Å². The highest BCUT2D eigenvalue weighted by Crippen LogP contribution is 2.43. The van der Waals surface area contributed by atoms with Gasteiger partial charge in [0.05, 0.1) is 0 Å². The molecule has 0 unspecified atom stereocenters. The van der Waals surface area contributed by atoms with Gasteiger partial charge in [0.15, 0.2) is 0 Å². The Hall–Kier alpha value is -0.570. The minimum Gasteiger partial charge on any atom is -0.354 e. The summed E-state index contributed by atoms with van der Waals surface area (Å²) >= 11 is 0. The number of hydrogen-bond acceptors (Lipinski definition) is 2. The first-order valence-electron chi connectivity index (χ1n) is 7.48. The molecule has 0 saturated heterocycles. The maximum Gasteiger partial charge on any atom is 0.226 e. The van der Waals surface area contributed by atoms with Gasteiger partial charge >= 0.3 is 0 Å². The maximum absolute atomic E-state index is 12.4. The Labute approximate surface area is 112 Å². The van der Waals surface area contributed by atoms with Crippen molar-refractivity contribution < 1.29 is 4.79 Å². The van der Waals surface area contributed by atoms with Crippen molar-refractivity contribution in [3.05, 3.63) is 0 Å². The van der Waals surface area contributed by atoms with Gasteiger partial charge < -0.3 is 10.6 Å². The molecule has 1 amide bonds. The number of rotatable bonds is 7. The van der Waals surface area contributed by atoms with Crippen LogP contribution in [0.1, 0.15) is 59.8 Å². The van der Waals surface area contributed by atoms with Crippen LogP contribution in [-0.2, 0) is 4.79 Å². The molecule has 0 radical (unpaired) electrons. The predicted molar refractivity (Wildman–Crippen MR) is 76.5 cm³/mol. The van der Waals surface area contributed by atoms with Crippen molar-refractivity contribution in [1.29, 1.82) is 0 Å². The molecule has 1 fully saturated rings. The van der Waals surface area contributed by atoms with Gasteiger partial charge in [0, 0.05) is 24.5 Å². The number of carbonyl (C=O) groups excluding carboxylic acids is 1. The van der Waals surface area contributed by atoms with Crippen LogP contribution >= 0.6 is 0 Å². The Morgan fingerprint density at radius 3 is 2.22 bits per heavy atom. The summed E-state index contributed by atoms with van der Waals surface area (Å²) in [6, 6.07) is 0.484. The largest absolute Gasteiger partial charge is 0.354 e. The summed E-state index contributed by atoms with van der Waals surface area (Å²) in [5.74, 6) is 0.891. The van der Waals surface area contributed by atoms with Crippen LogP contribution < -0.4 is 10.6 Å². The van der Waals surface area contributed by atoms with Crippen LogP contribution in [0.4, 0.5) is 0 Å². The van der Waals surface area contributed by atoms with E-state index in [1.807, 2.05) is 0 Å². The molecule has 1 saturated carbocycles. The third-order valence-corrected chi connectivity index (χ3v) is 3.80. The fourth-order valence-electron chi connectivity index (χ4n) is 3.08. The molecule has 0 atom stereocenters. The minimum atomic E-state index is -0.0635. The van der Waals surface area contributed by atoms with Crippen molar-refractivity contribution in [2.24, 2.45) is 11.3 Å². The molecule has 1 rings (SSSR count). The van der Waals surface area contributed by atoms with Crippen LogP contribution in [0.25, 0.3) is 0 Å². The van der Waals surface area contributed by atoms with Gasteiger partial charge in [-0.2, -0.15) is 0 Å². The summed E-state index contributed by atoms with van der Waals surface area (Å²) in [7, 11) is 0. The quantitative estimate of drug-likeness (QED) is 0.686. The summed E-state index contributed by atoms with van der Waals surface area (Å²) in [5.41, 5.74) is -0.0635. The van der Waals surface area contributed by atoms with Crippen LogP contribution in [0.15, 0.2) is 0 Å². The van der Waals surface area contributed by atoms with Crippen molar-refractivity contribution in [1.82, 2.24) is 10.6 Å². The second-order valence-corrected chi connectivity index (χ2v) is 6.45. The minimum absolute atomic E-state index is 0.0635. The van der Waals surface area contributed by atoms with Crippen molar-refractivity contribution >= 4 is 5.91 Å². The van der Waals surface area contributed by atoms with Crippen molar-refractivity contribution in [2.75, 3.05) is 13.1 Å². The fraction of sp³-hybridized carbons (Fsp3) is 0.933. The maximum atomic E-state index is 12.4. The van der Waals surface area contributed by atoms with E-state index >= 15 is 0 Å². The average Bonchev–Trinajstić information content (AvgIpc) is 2.72. The normalized spacial score (nSPS) is 18.6. The zero-order valence-corrected chi connectivity index (χ0v) is 12.5. The zero-order chi connectivity index (χ0) is 13.6. The zero-order valence-electron chi connectivity index (χ0n) is 12.5. The van der Waals surface area contributed by atoms with Gasteiger partial charge in [-0.05, 0) is 25.2 Å². The van der Waals surface area contributed by atoms with Crippen LogP contribution in [0.3, 0.4) is 0 Å². The number of hydrogen-bond donors (Lipinski definition) is 2. The standard InChI is InChI=1S/C15H30N2O/c1-12(2)11-15(7-5-6-8-15)14(18)17-10-9-16-13(3)4/h12-13,16H,5-11H2,1-4H3,(H,17,18).